The van der Waals surface area contributed by atoms with Crippen molar-refractivity contribution in [3.05, 3.63) is 76.7 Å². The summed E-state index contributed by atoms with van der Waals surface area (Å²) in [7, 11) is 0. The molecule has 3 aromatic rings. The molecule has 1 aromatic heterocycles. The molecule has 0 aliphatic rings. The Labute approximate surface area is 120 Å². The zero-order chi connectivity index (χ0) is 14.1. The number of hydrogen-bond acceptors (Lipinski definition) is 2. The van der Waals surface area contributed by atoms with E-state index < -0.39 is 11.9 Å². The monoisotopic (exact) mass is 287 g/mol. The Morgan fingerprint density at radius 3 is 2.60 bits per heavy atom. The highest BCUT2D eigenvalue weighted by Crippen LogP contribution is 2.31. The van der Waals surface area contributed by atoms with Gasteiger partial charge in [-0.3, -0.25) is 4.98 Å². The van der Waals surface area contributed by atoms with Crippen molar-refractivity contribution in [1.82, 2.24) is 4.98 Å². The van der Waals surface area contributed by atoms with E-state index in [9.17, 15) is 9.50 Å². The minimum absolute atomic E-state index is 0.0000818. The minimum atomic E-state index is -1.08. The molecule has 0 saturated heterocycles. The van der Waals surface area contributed by atoms with Crippen LogP contribution in [-0.4, -0.2) is 10.1 Å². The quantitative estimate of drug-likeness (QED) is 0.769. The Balaban J connectivity index is 2.18. The largest absolute Gasteiger partial charge is 0.384 e. The average Bonchev–Trinajstić information content (AvgIpc) is 2.49. The van der Waals surface area contributed by atoms with Gasteiger partial charge in [0, 0.05) is 17.1 Å². The Kier molecular flexibility index (Phi) is 3.38. The number of halogens is 2. The smallest absolute Gasteiger partial charge is 0.147 e. The van der Waals surface area contributed by atoms with Crippen molar-refractivity contribution in [3.63, 3.8) is 0 Å². The van der Waals surface area contributed by atoms with Crippen LogP contribution >= 0.6 is 11.6 Å². The minimum Gasteiger partial charge on any atom is -0.384 e. The van der Waals surface area contributed by atoms with Crippen molar-refractivity contribution in [2.75, 3.05) is 0 Å². The van der Waals surface area contributed by atoms with E-state index in [2.05, 4.69) is 4.98 Å². The second kappa shape index (κ2) is 5.19. The van der Waals surface area contributed by atoms with Crippen LogP contribution in [0, 0.1) is 5.82 Å². The number of fused-ring (bicyclic) bond motifs is 1. The summed E-state index contributed by atoms with van der Waals surface area (Å²) in [5, 5.41) is 11.3. The van der Waals surface area contributed by atoms with E-state index in [4.69, 9.17) is 11.6 Å². The van der Waals surface area contributed by atoms with Gasteiger partial charge >= 0.3 is 0 Å². The van der Waals surface area contributed by atoms with E-state index in [1.807, 2.05) is 12.1 Å². The predicted molar refractivity (Wildman–Crippen MR) is 77.2 cm³/mol. The highest BCUT2D eigenvalue weighted by Gasteiger charge is 2.18. The lowest BCUT2D eigenvalue weighted by molar-refractivity contribution is 0.216. The zero-order valence-electron chi connectivity index (χ0n) is 10.4. The first-order chi connectivity index (χ1) is 9.68. The maximum absolute atomic E-state index is 14.0. The predicted octanol–water partition coefficient (Wildman–Crippen LogP) is 4.11. The van der Waals surface area contributed by atoms with Gasteiger partial charge in [0.15, 0.2) is 0 Å². The summed E-state index contributed by atoms with van der Waals surface area (Å²) in [6.45, 7) is 0. The third-order valence-electron chi connectivity index (χ3n) is 3.25. The van der Waals surface area contributed by atoms with E-state index in [0.717, 1.165) is 10.9 Å². The van der Waals surface area contributed by atoms with Gasteiger partial charge in [-0.15, -0.1) is 0 Å². The molecule has 1 N–H and O–H groups in total. The standard InChI is InChI=1S/C16H11ClFNO/c17-13-7-1-5-12(15(13)18)16(20)11-4-2-8-14-10(11)6-3-9-19-14/h1-9,16,20H. The van der Waals surface area contributed by atoms with Gasteiger partial charge in [-0.05, 0) is 23.8 Å². The van der Waals surface area contributed by atoms with Crippen molar-refractivity contribution in [2.24, 2.45) is 0 Å². The van der Waals surface area contributed by atoms with Crippen LogP contribution in [-0.2, 0) is 0 Å². The molecule has 2 nitrogen and oxygen atoms in total. The maximum Gasteiger partial charge on any atom is 0.147 e. The average molecular weight is 288 g/mol. The first kappa shape index (κ1) is 13.0. The molecule has 1 unspecified atom stereocenters. The number of rotatable bonds is 2. The van der Waals surface area contributed by atoms with Gasteiger partial charge in [-0.1, -0.05) is 41.9 Å². The van der Waals surface area contributed by atoms with Crippen LogP contribution in [0.5, 0.6) is 0 Å². The van der Waals surface area contributed by atoms with Crippen LogP contribution in [0.15, 0.2) is 54.7 Å². The lowest BCUT2D eigenvalue weighted by Crippen LogP contribution is -2.04. The summed E-state index contributed by atoms with van der Waals surface area (Å²) in [6, 6.07) is 13.6. The van der Waals surface area contributed by atoms with Crippen molar-refractivity contribution in [3.8, 4) is 0 Å². The van der Waals surface area contributed by atoms with Crippen molar-refractivity contribution < 1.29 is 9.50 Å². The number of aromatic nitrogens is 1. The van der Waals surface area contributed by atoms with Crippen molar-refractivity contribution in [1.29, 1.82) is 0 Å². The molecule has 0 aliphatic carbocycles. The van der Waals surface area contributed by atoms with Gasteiger partial charge in [0.1, 0.15) is 11.9 Å². The Bertz CT molecular complexity index is 770. The molecule has 0 bridgehead atoms. The summed E-state index contributed by atoms with van der Waals surface area (Å²) >= 11 is 5.77. The van der Waals surface area contributed by atoms with Gasteiger partial charge in [0.25, 0.3) is 0 Å². The Hall–Kier alpha value is -1.97. The molecule has 0 amide bonds. The van der Waals surface area contributed by atoms with Gasteiger partial charge in [0.05, 0.1) is 10.5 Å². The number of hydrogen-bond donors (Lipinski definition) is 1. The normalized spacial score (nSPS) is 12.6. The van der Waals surface area contributed by atoms with Gasteiger partial charge < -0.3 is 5.11 Å². The van der Waals surface area contributed by atoms with Gasteiger partial charge in [0.2, 0.25) is 0 Å². The van der Waals surface area contributed by atoms with Crippen LogP contribution in [0.2, 0.25) is 5.02 Å². The zero-order valence-corrected chi connectivity index (χ0v) is 11.2. The second-order valence-electron chi connectivity index (χ2n) is 4.46. The van der Waals surface area contributed by atoms with Crippen molar-refractivity contribution in [2.45, 2.75) is 6.10 Å². The van der Waals surface area contributed by atoms with E-state index in [1.165, 1.54) is 12.1 Å². The first-order valence-corrected chi connectivity index (χ1v) is 6.52. The highest BCUT2D eigenvalue weighted by molar-refractivity contribution is 6.30. The highest BCUT2D eigenvalue weighted by atomic mass is 35.5. The van der Waals surface area contributed by atoms with Crippen LogP contribution in [0.1, 0.15) is 17.2 Å². The third kappa shape index (κ3) is 2.15. The van der Waals surface area contributed by atoms with Crippen LogP contribution in [0.25, 0.3) is 10.9 Å². The number of benzene rings is 2. The summed E-state index contributed by atoms with van der Waals surface area (Å²) in [5.74, 6) is -0.595. The molecule has 0 aliphatic heterocycles. The maximum atomic E-state index is 14.0. The molecule has 100 valence electrons. The van der Waals surface area contributed by atoms with E-state index in [-0.39, 0.29) is 10.6 Å². The Morgan fingerprint density at radius 2 is 1.75 bits per heavy atom. The molecule has 1 heterocycles. The molecule has 2 aromatic carbocycles. The van der Waals surface area contributed by atoms with Crippen LogP contribution in [0.4, 0.5) is 4.39 Å². The van der Waals surface area contributed by atoms with Gasteiger partial charge in [-0.25, -0.2) is 4.39 Å². The molecule has 0 fully saturated rings. The van der Waals surface area contributed by atoms with Crippen LogP contribution in [0.3, 0.4) is 0 Å². The van der Waals surface area contributed by atoms with E-state index >= 15 is 0 Å². The summed E-state index contributed by atoms with van der Waals surface area (Å²) < 4.78 is 14.0. The SMILES string of the molecule is OC(c1cccc(Cl)c1F)c1cccc2ncccc12. The molecule has 20 heavy (non-hydrogen) atoms. The van der Waals surface area contributed by atoms with Crippen LogP contribution < -0.4 is 0 Å². The molecule has 1 atom stereocenters. The lowest BCUT2D eigenvalue weighted by atomic mass is 9.97. The summed E-state index contributed by atoms with van der Waals surface area (Å²) in [6.07, 6.45) is 0.597. The Morgan fingerprint density at radius 1 is 1.00 bits per heavy atom. The lowest BCUT2D eigenvalue weighted by Gasteiger charge is -2.15. The molecule has 3 rings (SSSR count). The van der Waals surface area contributed by atoms with E-state index in [1.54, 1.807) is 30.5 Å². The third-order valence-corrected chi connectivity index (χ3v) is 3.54. The first-order valence-electron chi connectivity index (χ1n) is 6.14. The molecular formula is C16H11ClFNO. The molecule has 0 saturated carbocycles. The summed E-state index contributed by atoms with van der Waals surface area (Å²) in [5.41, 5.74) is 1.53. The topological polar surface area (TPSA) is 33.1 Å². The number of pyridine rings is 1. The molecular weight excluding hydrogens is 277 g/mol. The molecule has 0 radical (unpaired) electrons. The second-order valence-corrected chi connectivity index (χ2v) is 4.87. The fraction of sp³-hybridized carbons (Fsp3) is 0.0625. The van der Waals surface area contributed by atoms with E-state index in [0.29, 0.717) is 5.56 Å². The molecule has 0 spiro atoms. The van der Waals surface area contributed by atoms with Gasteiger partial charge in [-0.2, -0.15) is 0 Å². The summed E-state index contributed by atoms with van der Waals surface area (Å²) in [4.78, 5) is 4.23. The van der Waals surface area contributed by atoms with Crippen molar-refractivity contribution >= 4 is 22.5 Å². The fourth-order valence-corrected chi connectivity index (χ4v) is 2.45. The number of aliphatic hydroxyl groups excluding tert-OH is 1. The number of nitrogens with zero attached hydrogens (tertiary/aromatic N) is 1. The fourth-order valence-electron chi connectivity index (χ4n) is 2.26. The molecule has 4 heteroatoms. The number of aliphatic hydroxyl groups is 1.